The predicted octanol–water partition coefficient (Wildman–Crippen LogP) is 1.17. The summed E-state index contributed by atoms with van der Waals surface area (Å²) in [5.74, 6) is 1.13. The topological polar surface area (TPSA) is 61.4 Å². The van der Waals surface area contributed by atoms with Crippen LogP contribution in [0, 0.1) is 0 Å². The zero-order valence-electron chi connectivity index (χ0n) is 16.3. The number of nitrogens with zero attached hydrogens (tertiary/aromatic N) is 3. The van der Waals surface area contributed by atoms with Crippen molar-refractivity contribution in [2.24, 2.45) is 4.99 Å². The summed E-state index contributed by atoms with van der Waals surface area (Å²) in [6.07, 6.45) is 3.15. The standard InChI is InChI=1S/C18H35N5O2/c1-5-6-11-24-16-19-13-18(4)15(20-16)23(21-18)9-7-8-22-10-12-25-17(2,3)14-22/h16,19,21H,5-14H2,1-4H3. The molecular formula is C18H35N5O2. The molecule has 2 fully saturated rings. The molecule has 0 aromatic heterocycles. The molecule has 3 aliphatic rings. The van der Waals surface area contributed by atoms with Crippen LogP contribution in [-0.4, -0.2) is 79.2 Å². The van der Waals surface area contributed by atoms with Crippen LogP contribution >= 0.6 is 0 Å². The van der Waals surface area contributed by atoms with E-state index in [0.717, 1.165) is 71.0 Å². The molecule has 0 bridgehead atoms. The predicted molar refractivity (Wildman–Crippen MR) is 99.4 cm³/mol. The van der Waals surface area contributed by atoms with Gasteiger partial charge in [0.05, 0.1) is 18.8 Å². The van der Waals surface area contributed by atoms with Crippen molar-refractivity contribution in [1.82, 2.24) is 20.7 Å². The van der Waals surface area contributed by atoms with Gasteiger partial charge in [-0.2, -0.15) is 0 Å². The second-order valence-corrected chi connectivity index (χ2v) is 8.24. The van der Waals surface area contributed by atoms with Gasteiger partial charge in [0.25, 0.3) is 0 Å². The Morgan fingerprint density at radius 2 is 2.12 bits per heavy atom. The molecule has 2 atom stereocenters. The third-order valence-corrected chi connectivity index (χ3v) is 5.14. The van der Waals surface area contributed by atoms with E-state index < -0.39 is 0 Å². The number of fused-ring (bicyclic) bond motifs is 1. The van der Waals surface area contributed by atoms with E-state index in [-0.39, 0.29) is 17.5 Å². The fourth-order valence-electron chi connectivity index (χ4n) is 3.78. The van der Waals surface area contributed by atoms with E-state index >= 15 is 0 Å². The van der Waals surface area contributed by atoms with E-state index in [1.165, 1.54) is 0 Å². The molecule has 0 aliphatic carbocycles. The van der Waals surface area contributed by atoms with Crippen molar-refractivity contribution in [3.8, 4) is 0 Å². The normalized spacial score (nSPS) is 32.1. The van der Waals surface area contributed by atoms with Gasteiger partial charge >= 0.3 is 0 Å². The molecule has 0 spiro atoms. The smallest absolute Gasteiger partial charge is 0.206 e. The Bertz CT molecular complexity index is 484. The van der Waals surface area contributed by atoms with E-state index in [1.807, 2.05) is 0 Å². The van der Waals surface area contributed by atoms with Gasteiger partial charge in [0, 0.05) is 32.7 Å². The van der Waals surface area contributed by atoms with E-state index in [4.69, 9.17) is 14.5 Å². The zero-order chi connectivity index (χ0) is 17.9. The van der Waals surface area contributed by atoms with Crippen molar-refractivity contribution in [2.45, 2.75) is 64.4 Å². The van der Waals surface area contributed by atoms with Gasteiger partial charge in [0.15, 0.2) is 0 Å². The fourth-order valence-corrected chi connectivity index (χ4v) is 3.78. The molecule has 3 aliphatic heterocycles. The lowest BCUT2D eigenvalue weighted by Gasteiger charge is -2.54. The van der Waals surface area contributed by atoms with Crippen molar-refractivity contribution in [1.29, 1.82) is 0 Å². The minimum absolute atomic E-state index is 0.0198. The summed E-state index contributed by atoms with van der Waals surface area (Å²) in [5, 5.41) is 5.56. The number of hydrogen-bond acceptors (Lipinski definition) is 7. The first-order valence-corrected chi connectivity index (χ1v) is 9.77. The number of hydrazine groups is 1. The second-order valence-electron chi connectivity index (χ2n) is 8.24. The average molecular weight is 354 g/mol. The van der Waals surface area contributed by atoms with Crippen LogP contribution < -0.4 is 10.7 Å². The Kier molecular flexibility index (Phi) is 6.00. The Morgan fingerprint density at radius 3 is 2.88 bits per heavy atom. The van der Waals surface area contributed by atoms with Crippen LogP contribution in [0.5, 0.6) is 0 Å². The van der Waals surface area contributed by atoms with Gasteiger partial charge in [-0.3, -0.25) is 15.2 Å². The summed E-state index contributed by atoms with van der Waals surface area (Å²) in [6.45, 7) is 15.3. The molecule has 7 heteroatoms. The maximum Gasteiger partial charge on any atom is 0.206 e. The number of rotatable bonds is 8. The van der Waals surface area contributed by atoms with Crippen molar-refractivity contribution in [2.75, 3.05) is 45.9 Å². The Labute approximate surface area is 152 Å². The van der Waals surface area contributed by atoms with E-state index in [9.17, 15) is 0 Å². The van der Waals surface area contributed by atoms with E-state index in [0.29, 0.717) is 0 Å². The van der Waals surface area contributed by atoms with Gasteiger partial charge in [0.2, 0.25) is 6.35 Å². The third-order valence-electron chi connectivity index (χ3n) is 5.14. The molecule has 0 aromatic carbocycles. The van der Waals surface area contributed by atoms with Gasteiger partial charge in [-0.15, -0.1) is 0 Å². The minimum atomic E-state index is -0.195. The molecule has 2 saturated heterocycles. The average Bonchev–Trinajstić information content (AvgIpc) is 2.54. The number of morpholine rings is 1. The van der Waals surface area contributed by atoms with Crippen molar-refractivity contribution in [3.63, 3.8) is 0 Å². The maximum atomic E-state index is 5.82. The summed E-state index contributed by atoms with van der Waals surface area (Å²) < 4.78 is 11.6. The molecule has 7 nitrogen and oxygen atoms in total. The molecule has 3 heterocycles. The largest absolute Gasteiger partial charge is 0.373 e. The summed E-state index contributed by atoms with van der Waals surface area (Å²) in [4.78, 5) is 7.28. The van der Waals surface area contributed by atoms with Gasteiger partial charge in [-0.1, -0.05) is 13.3 Å². The highest BCUT2D eigenvalue weighted by Gasteiger charge is 2.48. The number of hydrogen-bond donors (Lipinski definition) is 2. The second kappa shape index (κ2) is 7.88. The lowest BCUT2D eigenvalue weighted by atomic mass is 9.95. The highest BCUT2D eigenvalue weighted by molar-refractivity contribution is 5.96. The van der Waals surface area contributed by atoms with Crippen LogP contribution in [0.25, 0.3) is 0 Å². The molecular weight excluding hydrogens is 318 g/mol. The summed E-state index contributed by atoms with van der Waals surface area (Å²) in [5.41, 5.74) is 3.47. The van der Waals surface area contributed by atoms with Gasteiger partial charge in [-0.25, -0.2) is 10.4 Å². The zero-order valence-corrected chi connectivity index (χ0v) is 16.3. The summed E-state index contributed by atoms with van der Waals surface area (Å²) in [6, 6.07) is 0. The first kappa shape index (κ1) is 19.0. The highest BCUT2D eigenvalue weighted by atomic mass is 16.5. The molecule has 144 valence electrons. The van der Waals surface area contributed by atoms with Crippen molar-refractivity contribution < 1.29 is 9.47 Å². The van der Waals surface area contributed by atoms with Crippen LogP contribution in [0.2, 0.25) is 0 Å². The number of amidine groups is 1. The maximum absolute atomic E-state index is 5.82. The molecule has 0 amide bonds. The Balaban J connectivity index is 1.44. The van der Waals surface area contributed by atoms with Crippen LogP contribution in [0.3, 0.4) is 0 Å². The van der Waals surface area contributed by atoms with Gasteiger partial charge in [-0.05, 0) is 33.6 Å². The SMILES string of the molecule is CCCCOC1N=C2N(CCCN3CCOC(C)(C)C3)NC2(C)CN1. The molecule has 3 rings (SSSR count). The molecule has 2 N–H and O–H groups in total. The quantitative estimate of drug-likeness (QED) is 0.639. The minimum Gasteiger partial charge on any atom is -0.373 e. The molecule has 0 aromatic rings. The van der Waals surface area contributed by atoms with E-state index in [2.05, 4.69) is 48.3 Å². The van der Waals surface area contributed by atoms with Gasteiger partial charge in [0.1, 0.15) is 11.4 Å². The van der Waals surface area contributed by atoms with Crippen LogP contribution in [-0.2, 0) is 9.47 Å². The first-order chi connectivity index (χ1) is 11.9. The number of aliphatic imine (C=N–C) groups is 1. The number of unbranched alkanes of at least 4 members (excludes halogenated alkanes) is 1. The molecule has 0 saturated carbocycles. The van der Waals surface area contributed by atoms with Crippen LogP contribution in [0.15, 0.2) is 4.99 Å². The molecule has 2 unspecified atom stereocenters. The summed E-state index contributed by atoms with van der Waals surface area (Å²) >= 11 is 0. The van der Waals surface area contributed by atoms with Crippen LogP contribution in [0.1, 0.15) is 47.0 Å². The molecule has 25 heavy (non-hydrogen) atoms. The number of ether oxygens (including phenoxy) is 2. The lowest BCUT2D eigenvalue weighted by molar-refractivity contribution is -0.0865. The Morgan fingerprint density at radius 1 is 1.28 bits per heavy atom. The lowest BCUT2D eigenvalue weighted by Crippen LogP contribution is -2.80. The van der Waals surface area contributed by atoms with Gasteiger partial charge < -0.3 is 9.47 Å². The third kappa shape index (κ3) is 4.71. The van der Waals surface area contributed by atoms with E-state index in [1.54, 1.807) is 0 Å². The van der Waals surface area contributed by atoms with Crippen LogP contribution in [0.4, 0.5) is 0 Å². The summed E-state index contributed by atoms with van der Waals surface area (Å²) in [7, 11) is 0. The number of nitrogens with one attached hydrogen (secondary N) is 2. The fraction of sp³-hybridized carbons (Fsp3) is 0.944. The highest BCUT2D eigenvalue weighted by Crippen LogP contribution is 2.24. The monoisotopic (exact) mass is 353 g/mol. The van der Waals surface area contributed by atoms with Crippen molar-refractivity contribution >= 4 is 5.84 Å². The van der Waals surface area contributed by atoms with Crippen molar-refractivity contribution in [3.05, 3.63) is 0 Å². The Hall–Kier alpha value is -0.730. The first-order valence-electron chi connectivity index (χ1n) is 9.77. The molecule has 0 radical (unpaired) electrons.